The number of aromatic nitrogens is 3. The number of pyridine rings is 1. The number of imidazole rings is 1. The lowest BCUT2D eigenvalue weighted by Crippen LogP contribution is -2.42. The molecule has 2 aromatic carbocycles. The van der Waals surface area contributed by atoms with Gasteiger partial charge in [0, 0.05) is 13.1 Å². The van der Waals surface area contributed by atoms with Crippen molar-refractivity contribution in [2.24, 2.45) is 0 Å². The van der Waals surface area contributed by atoms with E-state index in [2.05, 4.69) is 11.6 Å². The normalized spacial score (nSPS) is 15.3. The van der Waals surface area contributed by atoms with E-state index >= 15 is 0 Å². The number of carbonyl (C=O) groups excluding carboxylic acids is 1. The van der Waals surface area contributed by atoms with Crippen LogP contribution in [0.25, 0.3) is 16.7 Å². The molecule has 0 saturated carbocycles. The van der Waals surface area contributed by atoms with Crippen molar-refractivity contribution in [1.29, 1.82) is 0 Å². The highest BCUT2D eigenvalue weighted by molar-refractivity contribution is 5.87. The monoisotopic (exact) mass is 532 g/mol. The maximum atomic E-state index is 14.6. The Bertz CT molecular complexity index is 1580. The van der Waals surface area contributed by atoms with E-state index in [1.54, 1.807) is 56.8 Å². The lowest BCUT2D eigenvalue weighted by molar-refractivity contribution is -0.127. The van der Waals surface area contributed by atoms with Gasteiger partial charge in [0.1, 0.15) is 11.3 Å². The average molecular weight is 533 g/mol. The molecule has 2 aromatic heterocycles. The first-order valence-corrected chi connectivity index (χ1v) is 12.7. The van der Waals surface area contributed by atoms with Crippen LogP contribution in [0.2, 0.25) is 0 Å². The Hall–Kier alpha value is -4.60. The molecule has 1 atom stereocenters. The van der Waals surface area contributed by atoms with E-state index in [1.807, 2.05) is 6.92 Å². The second-order valence-corrected chi connectivity index (χ2v) is 9.08. The molecular formula is C29H29FN4O5. The van der Waals surface area contributed by atoms with E-state index in [4.69, 9.17) is 14.2 Å². The van der Waals surface area contributed by atoms with Gasteiger partial charge in [-0.2, -0.15) is 4.39 Å². The summed E-state index contributed by atoms with van der Waals surface area (Å²) in [6, 6.07) is 11.2. The molecule has 1 amide bonds. The van der Waals surface area contributed by atoms with Crippen molar-refractivity contribution >= 4 is 16.9 Å². The highest BCUT2D eigenvalue weighted by atomic mass is 19.1. The summed E-state index contributed by atoms with van der Waals surface area (Å²) in [7, 11) is 1.39. The fourth-order valence-corrected chi connectivity index (χ4v) is 5.00. The summed E-state index contributed by atoms with van der Waals surface area (Å²) in [6.07, 6.45) is 6.01. The number of hydrogen-bond acceptors (Lipinski definition) is 6. The number of fused-ring (bicyclic) bond motifs is 1. The largest absolute Gasteiger partial charge is 0.494 e. The third-order valence-electron chi connectivity index (χ3n) is 6.76. The van der Waals surface area contributed by atoms with Gasteiger partial charge >= 0.3 is 5.69 Å². The first-order valence-electron chi connectivity index (χ1n) is 12.7. The summed E-state index contributed by atoms with van der Waals surface area (Å²) in [4.78, 5) is 32.4. The Morgan fingerprint density at radius 1 is 1.15 bits per heavy atom. The molecule has 1 aliphatic heterocycles. The number of piperidine rings is 1. The fraction of sp³-hybridized carbons (Fsp3) is 0.276. The number of methoxy groups -OCH3 is 1. The fourth-order valence-electron chi connectivity index (χ4n) is 5.00. The molecule has 1 aliphatic rings. The van der Waals surface area contributed by atoms with Crippen molar-refractivity contribution in [3.63, 3.8) is 0 Å². The van der Waals surface area contributed by atoms with Crippen LogP contribution in [-0.2, 0) is 4.79 Å². The SMILES string of the molecule is C=CC(=O)N1CCCC(n2c(=O)n(-c3ccc(Oc4cccc(OC)c4F)cc3)c3cncc(OCC)c32)C1. The molecule has 1 saturated heterocycles. The molecule has 0 radical (unpaired) electrons. The quantitative estimate of drug-likeness (QED) is 0.301. The third kappa shape index (κ3) is 4.85. The van der Waals surface area contributed by atoms with Crippen LogP contribution >= 0.6 is 0 Å². The Kier molecular flexibility index (Phi) is 7.36. The first kappa shape index (κ1) is 26.0. The van der Waals surface area contributed by atoms with Crippen LogP contribution in [0.1, 0.15) is 25.8 Å². The molecular weight excluding hydrogens is 503 g/mol. The first-order chi connectivity index (χ1) is 19.0. The minimum absolute atomic E-state index is 0.0253. The smallest absolute Gasteiger partial charge is 0.334 e. The Morgan fingerprint density at radius 2 is 1.92 bits per heavy atom. The highest BCUT2D eigenvalue weighted by Gasteiger charge is 2.29. The minimum Gasteiger partial charge on any atom is -0.494 e. The molecule has 1 fully saturated rings. The molecule has 39 heavy (non-hydrogen) atoms. The van der Waals surface area contributed by atoms with Crippen LogP contribution in [0.4, 0.5) is 4.39 Å². The molecule has 202 valence electrons. The second kappa shape index (κ2) is 11.0. The predicted molar refractivity (Wildman–Crippen MR) is 145 cm³/mol. The van der Waals surface area contributed by atoms with Crippen molar-refractivity contribution in [2.45, 2.75) is 25.8 Å². The molecule has 1 unspecified atom stereocenters. The zero-order chi connectivity index (χ0) is 27.5. The van der Waals surface area contributed by atoms with Crippen molar-refractivity contribution in [1.82, 2.24) is 19.0 Å². The van der Waals surface area contributed by atoms with Crippen LogP contribution in [0.15, 0.2) is 72.3 Å². The Labute approximate surface area is 224 Å². The van der Waals surface area contributed by atoms with Crippen LogP contribution in [0, 0.1) is 5.82 Å². The average Bonchev–Trinajstić information content (AvgIpc) is 3.27. The number of nitrogens with zero attached hydrogens (tertiary/aromatic N) is 4. The van der Waals surface area contributed by atoms with Gasteiger partial charge in [-0.1, -0.05) is 12.6 Å². The second-order valence-electron chi connectivity index (χ2n) is 9.08. The van der Waals surface area contributed by atoms with E-state index in [-0.39, 0.29) is 29.1 Å². The Balaban J connectivity index is 1.57. The molecule has 0 N–H and O–H groups in total. The van der Waals surface area contributed by atoms with Crippen LogP contribution in [0.5, 0.6) is 23.0 Å². The van der Waals surface area contributed by atoms with Crippen LogP contribution < -0.4 is 19.9 Å². The molecule has 0 bridgehead atoms. The van der Waals surface area contributed by atoms with E-state index < -0.39 is 5.82 Å². The molecule has 5 rings (SSSR count). The number of ether oxygens (including phenoxy) is 3. The highest BCUT2D eigenvalue weighted by Crippen LogP contribution is 2.33. The zero-order valence-electron chi connectivity index (χ0n) is 21.8. The van der Waals surface area contributed by atoms with Gasteiger partial charge in [0.25, 0.3) is 0 Å². The van der Waals surface area contributed by atoms with Gasteiger partial charge in [-0.15, -0.1) is 0 Å². The van der Waals surface area contributed by atoms with E-state index in [0.717, 1.165) is 12.8 Å². The molecule has 4 aromatic rings. The van der Waals surface area contributed by atoms with Crippen molar-refractivity contribution < 1.29 is 23.4 Å². The molecule has 0 aliphatic carbocycles. The number of halogens is 1. The summed E-state index contributed by atoms with van der Waals surface area (Å²) in [5.41, 5.74) is 1.50. The zero-order valence-corrected chi connectivity index (χ0v) is 21.8. The lowest BCUT2D eigenvalue weighted by atomic mass is 10.1. The van der Waals surface area contributed by atoms with Gasteiger partial charge in [-0.3, -0.25) is 18.9 Å². The maximum Gasteiger partial charge on any atom is 0.334 e. The maximum absolute atomic E-state index is 14.6. The van der Waals surface area contributed by atoms with Crippen molar-refractivity contribution in [2.75, 3.05) is 26.8 Å². The van der Waals surface area contributed by atoms with Gasteiger partial charge in [0.2, 0.25) is 11.7 Å². The van der Waals surface area contributed by atoms with E-state index in [9.17, 15) is 14.0 Å². The van der Waals surface area contributed by atoms with Crippen LogP contribution in [0.3, 0.4) is 0 Å². The standard InChI is InChI=1S/C29H29FN4O5/c1-4-26(35)32-15-7-8-20(18-32)34-28-22(16-31-17-25(28)38-5-2)33(29(34)36)19-11-13-21(14-12-19)39-24-10-6-9-23(37-3)27(24)30/h4,6,9-14,16-17,20H,1,5,7-8,15,18H2,2-3H3. The summed E-state index contributed by atoms with van der Waals surface area (Å²) in [6.45, 7) is 6.87. The van der Waals surface area contributed by atoms with Gasteiger partial charge in [-0.05, 0) is 62.2 Å². The number of likely N-dealkylation sites (tertiary alicyclic amines) is 1. The molecule has 10 heteroatoms. The third-order valence-corrected chi connectivity index (χ3v) is 6.76. The number of hydrogen-bond donors (Lipinski definition) is 0. The molecule has 0 spiro atoms. The van der Waals surface area contributed by atoms with Gasteiger partial charge in [-0.25, -0.2) is 4.79 Å². The molecule has 3 heterocycles. The van der Waals surface area contributed by atoms with E-state index in [0.29, 0.717) is 47.9 Å². The number of carbonyl (C=O) groups is 1. The van der Waals surface area contributed by atoms with Gasteiger partial charge < -0.3 is 19.1 Å². The van der Waals surface area contributed by atoms with Gasteiger partial charge in [0.15, 0.2) is 17.2 Å². The van der Waals surface area contributed by atoms with Crippen LogP contribution in [-0.4, -0.2) is 51.7 Å². The predicted octanol–water partition coefficient (Wildman–Crippen LogP) is 4.88. The van der Waals surface area contributed by atoms with Gasteiger partial charge in [0.05, 0.1) is 43.4 Å². The topological polar surface area (TPSA) is 87.8 Å². The molecule has 9 nitrogen and oxygen atoms in total. The summed E-state index contributed by atoms with van der Waals surface area (Å²) in [5, 5.41) is 0. The van der Waals surface area contributed by atoms with Crippen molar-refractivity contribution in [3.8, 4) is 28.7 Å². The number of amides is 1. The summed E-state index contributed by atoms with van der Waals surface area (Å²) < 4.78 is 34.5. The van der Waals surface area contributed by atoms with E-state index in [1.165, 1.54) is 25.3 Å². The minimum atomic E-state index is -0.602. The number of rotatable bonds is 8. The lowest BCUT2D eigenvalue weighted by Gasteiger charge is -2.32. The number of benzene rings is 2. The van der Waals surface area contributed by atoms with Crippen molar-refractivity contribution in [3.05, 3.63) is 83.8 Å². The summed E-state index contributed by atoms with van der Waals surface area (Å²) in [5.74, 6) is 0.225. The summed E-state index contributed by atoms with van der Waals surface area (Å²) >= 11 is 0. The Morgan fingerprint density at radius 3 is 2.64 bits per heavy atom.